The summed E-state index contributed by atoms with van der Waals surface area (Å²) in [4.78, 5) is 8.35. The van der Waals surface area contributed by atoms with Crippen LogP contribution in [0.4, 0.5) is 0 Å². The van der Waals surface area contributed by atoms with Gasteiger partial charge in [-0.3, -0.25) is 4.99 Å². The lowest BCUT2D eigenvalue weighted by Gasteiger charge is -2.16. The van der Waals surface area contributed by atoms with E-state index in [1.807, 2.05) is 34.9 Å². The van der Waals surface area contributed by atoms with Crippen molar-refractivity contribution in [3.8, 4) is 0 Å². The van der Waals surface area contributed by atoms with Crippen LogP contribution in [0.25, 0.3) is 15.8 Å². The Bertz CT molecular complexity index is 972. The molecule has 0 N–H and O–H groups in total. The van der Waals surface area contributed by atoms with Gasteiger partial charge in [0.15, 0.2) is 5.17 Å². The Morgan fingerprint density at radius 2 is 1.83 bits per heavy atom. The fraction of sp³-hybridized carbons (Fsp3) is 0.105. The predicted molar refractivity (Wildman–Crippen MR) is 108 cm³/mol. The summed E-state index contributed by atoms with van der Waals surface area (Å²) in [6.07, 6.45) is 0. The second-order valence-corrected chi connectivity index (χ2v) is 8.85. The lowest BCUT2D eigenvalue weighted by Crippen LogP contribution is -2.19. The number of benzene rings is 2. The normalized spacial score (nSPS) is 16.8. The summed E-state index contributed by atoms with van der Waals surface area (Å²) in [5.41, 5.74) is 2.68. The summed E-state index contributed by atoms with van der Waals surface area (Å²) in [7, 11) is 0. The van der Waals surface area contributed by atoms with E-state index < -0.39 is 0 Å². The van der Waals surface area contributed by atoms with Gasteiger partial charge in [0, 0.05) is 32.5 Å². The van der Waals surface area contributed by atoms with Crippen molar-refractivity contribution in [2.24, 2.45) is 4.99 Å². The molecule has 2 nitrogen and oxygen atoms in total. The van der Waals surface area contributed by atoms with Gasteiger partial charge in [-0.1, -0.05) is 48.2 Å². The Hall–Kier alpha value is -1.69. The van der Waals surface area contributed by atoms with E-state index in [-0.39, 0.29) is 0 Å². The number of amidine groups is 1. The van der Waals surface area contributed by atoms with Crippen LogP contribution in [0.3, 0.4) is 0 Å². The van der Waals surface area contributed by atoms with Crippen LogP contribution in [-0.2, 0) is 0 Å². The Kier molecular flexibility index (Phi) is 3.65. The molecule has 0 fully saturated rings. The van der Waals surface area contributed by atoms with Crippen LogP contribution >= 0.6 is 34.9 Å². The van der Waals surface area contributed by atoms with Crippen LogP contribution in [-0.4, -0.2) is 23.2 Å². The molecule has 2 aliphatic rings. The van der Waals surface area contributed by atoms with Crippen molar-refractivity contribution in [2.75, 3.05) is 13.1 Å². The highest BCUT2D eigenvalue weighted by atomic mass is 32.2. The minimum absolute atomic E-state index is 0.900. The third kappa shape index (κ3) is 2.39. The molecule has 2 aliphatic heterocycles. The van der Waals surface area contributed by atoms with Crippen LogP contribution in [0.5, 0.6) is 0 Å². The molecule has 24 heavy (non-hydrogen) atoms. The van der Waals surface area contributed by atoms with Gasteiger partial charge in [0.2, 0.25) is 0 Å². The van der Waals surface area contributed by atoms with E-state index in [0.717, 1.165) is 18.3 Å². The summed E-state index contributed by atoms with van der Waals surface area (Å²) in [6.45, 7) is 1.89. The SMILES string of the molecule is c1ccc(SC2=C(c3csc4ccccc34)N3CCN=C3S2)cc1. The quantitative estimate of drug-likeness (QED) is 0.588. The molecule has 5 heteroatoms. The summed E-state index contributed by atoms with van der Waals surface area (Å²) < 4.78 is 2.68. The van der Waals surface area contributed by atoms with Gasteiger partial charge in [-0.15, -0.1) is 11.3 Å². The Balaban J connectivity index is 1.65. The maximum absolute atomic E-state index is 4.68. The third-order valence-corrected chi connectivity index (χ3v) is 7.40. The van der Waals surface area contributed by atoms with Gasteiger partial charge < -0.3 is 4.90 Å². The highest BCUT2D eigenvalue weighted by Crippen LogP contribution is 2.51. The topological polar surface area (TPSA) is 15.6 Å². The highest BCUT2D eigenvalue weighted by molar-refractivity contribution is 8.30. The maximum Gasteiger partial charge on any atom is 0.169 e. The van der Waals surface area contributed by atoms with Crippen molar-refractivity contribution in [1.29, 1.82) is 0 Å². The molecule has 0 aliphatic carbocycles. The van der Waals surface area contributed by atoms with Gasteiger partial charge in [-0.2, -0.15) is 0 Å². The van der Waals surface area contributed by atoms with Crippen LogP contribution in [0.1, 0.15) is 5.56 Å². The molecule has 1 aromatic heterocycles. The molecular weight excluding hydrogens is 352 g/mol. The molecule has 0 saturated carbocycles. The smallest absolute Gasteiger partial charge is 0.169 e. The first-order chi connectivity index (χ1) is 11.9. The van der Waals surface area contributed by atoms with E-state index in [2.05, 4.69) is 69.9 Å². The molecule has 0 atom stereocenters. The first-order valence-corrected chi connectivity index (χ1v) is 10.3. The van der Waals surface area contributed by atoms with Gasteiger partial charge in [-0.05, 0) is 30.0 Å². The first-order valence-electron chi connectivity index (χ1n) is 7.84. The number of thioether (sulfide) groups is 2. The molecule has 0 radical (unpaired) electrons. The maximum atomic E-state index is 4.68. The molecule has 3 heterocycles. The average molecular weight is 367 g/mol. The molecular formula is C19H14N2S3. The van der Waals surface area contributed by atoms with Crippen molar-refractivity contribution < 1.29 is 0 Å². The number of aliphatic imine (C=N–C) groups is 1. The summed E-state index contributed by atoms with van der Waals surface area (Å²) in [6, 6.07) is 19.3. The number of rotatable bonds is 3. The molecule has 0 spiro atoms. The second-order valence-electron chi connectivity index (χ2n) is 5.61. The minimum Gasteiger partial charge on any atom is -0.317 e. The van der Waals surface area contributed by atoms with Gasteiger partial charge in [-0.25, -0.2) is 0 Å². The molecule has 0 unspecified atom stereocenters. The van der Waals surface area contributed by atoms with E-state index in [9.17, 15) is 0 Å². The van der Waals surface area contributed by atoms with Crippen LogP contribution in [0.15, 0.2) is 74.1 Å². The average Bonchev–Trinajstić information content (AvgIpc) is 3.30. The summed E-state index contributed by atoms with van der Waals surface area (Å²) >= 11 is 5.49. The molecule has 2 aromatic carbocycles. The van der Waals surface area contributed by atoms with Crippen LogP contribution in [0, 0.1) is 0 Å². The molecule has 5 rings (SSSR count). The Morgan fingerprint density at radius 3 is 2.75 bits per heavy atom. The van der Waals surface area contributed by atoms with E-state index >= 15 is 0 Å². The zero-order chi connectivity index (χ0) is 15.9. The summed E-state index contributed by atoms with van der Waals surface area (Å²) in [5.74, 6) is 0. The second kappa shape index (κ2) is 5.99. The van der Waals surface area contributed by atoms with Crippen molar-refractivity contribution in [1.82, 2.24) is 4.90 Å². The Morgan fingerprint density at radius 1 is 1.00 bits per heavy atom. The van der Waals surface area contributed by atoms with Crippen LogP contribution in [0.2, 0.25) is 0 Å². The van der Waals surface area contributed by atoms with E-state index in [4.69, 9.17) is 0 Å². The largest absolute Gasteiger partial charge is 0.317 e. The number of hydrogen-bond acceptors (Lipinski definition) is 5. The highest BCUT2D eigenvalue weighted by Gasteiger charge is 2.34. The van der Waals surface area contributed by atoms with E-state index in [1.165, 1.54) is 30.5 Å². The fourth-order valence-electron chi connectivity index (χ4n) is 3.04. The van der Waals surface area contributed by atoms with E-state index in [1.54, 1.807) is 0 Å². The zero-order valence-corrected chi connectivity index (χ0v) is 15.3. The monoisotopic (exact) mass is 366 g/mol. The van der Waals surface area contributed by atoms with Crippen molar-refractivity contribution in [3.63, 3.8) is 0 Å². The van der Waals surface area contributed by atoms with E-state index in [0.29, 0.717) is 0 Å². The standard InChI is InChI=1S/C19H14N2S3/c1-2-6-13(7-3-1)23-18-17(21-11-10-20-19(21)24-18)15-12-22-16-9-5-4-8-14(15)16/h1-9,12H,10-11H2. The lowest BCUT2D eigenvalue weighted by atomic mass is 10.1. The van der Waals surface area contributed by atoms with Gasteiger partial charge >= 0.3 is 0 Å². The molecule has 3 aromatic rings. The predicted octanol–water partition coefficient (Wildman–Crippen LogP) is 5.74. The van der Waals surface area contributed by atoms with Crippen molar-refractivity contribution >= 4 is 55.8 Å². The zero-order valence-electron chi connectivity index (χ0n) is 12.8. The molecule has 0 amide bonds. The first kappa shape index (κ1) is 14.6. The lowest BCUT2D eigenvalue weighted by molar-refractivity contribution is 0.650. The number of hydrogen-bond donors (Lipinski definition) is 0. The van der Waals surface area contributed by atoms with Gasteiger partial charge in [0.1, 0.15) is 0 Å². The van der Waals surface area contributed by atoms with Gasteiger partial charge in [0.25, 0.3) is 0 Å². The van der Waals surface area contributed by atoms with Crippen molar-refractivity contribution in [3.05, 3.63) is 69.8 Å². The van der Waals surface area contributed by atoms with Crippen LogP contribution < -0.4 is 0 Å². The third-order valence-electron chi connectivity index (χ3n) is 4.14. The number of nitrogens with zero attached hydrogens (tertiary/aromatic N) is 2. The summed E-state index contributed by atoms with van der Waals surface area (Å²) in [5, 5.41) is 4.80. The number of fused-ring (bicyclic) bond motifs is 2. The number of thiophene rings is 1. The molecule has 0 saturated heterocycles. The molecule has 0 bridgehead atoms. The fourth-order valence-corrected chi connectivity index (χ4v) is 6.42. The Labute approximate surface area is 153 Å². The molecule has 118 valence electrons. The minimum atomic E-state index is 0.900. The van der Waals surface area contributed by atoms with Crippen molar-refractivity contribution in [2.45, 2.75) is 4.90 Å². The van der Waals surface area contributed by atoms with Gasteiger partial charge in [0.05, 0.1) is 16.5 Å².